The van der Waals surface area contributed by atoms with Crippen molar-refractivity contribution in [2.45, 2.75) is 19.4 Å². The molecule has 1 fully saturated rings. The lowest BCUT2D eigenvalue weighted by Gasteiger charge is -2.35. The van der Waals surface area contributed by atoms with Crippen LogP contribution >= 0.6 is 11.3 Å². The predicted molar refractivity (Wildman–Crippen MR) is 75.1 cm³/mol. The van der Waals surface area contributed by atoms with Gasteiger partial charge < -0.3 is 15.5 Å². The highest BCUT2D eigenvalue weighted by Gasteiger charge is 2.31. The Morgan fingerprint density at radius 1 is 1.58 bits per heavy atom. The number of hydrogen-bond acceptors (Lipinski definition) is 4. The van der Waals surface area contributed by atoms with E-state index < -0.39 is 0 Å². The Morgan fingerprint density at radius 3 is 3.11 bits per heavy atom. The number of nitrogens with one attached hydrogen (secondary N) is 2. The lowest BCUT2D eigenvalue weighted by Crippen LogP contribution is -2.59. The molecule has 1 saturated heterocycles. The van der Waals surface area contributed by atoms with Crippen LogP contribution in [-0.2, 0) is 16.0 Å². The van der Waals surface area contributed by atoms with Crippen molar-refractivity contribution >= 4 is 23.2 Å². The molecule has 1 aliphatic rings. The van der Waals surface area contributed by atoms with Gasteiger partial charge in [-0.15, -0.1) is 0 Å². The van der Waals surface area contributed by atoms with Crippen LogP contribution in [0.5, 0.6) is 0 Å². The average Bonchev–Trinajstić information content (AvgIpc) is 2.92. The molecule has 0 radical (unpaired) electrons. The first kappa shape index (κ1) is 14.0. The van der Waals surface area contributed by atoms with E-state index >= 15 is 0 Å². The molecular weight excluding hydrogens is 262 g/mol. The Labute approximate surface area is 117 Å². The SMILES string of the molecule is CCNC(=O)C1CNCCN1C(=O)Cc1ccsc1. The van der Waals surface area contributed by atoms with Gasteiger partial charge in [-0.2, -0.15) is 11.3 Å². The molecule has 0 aromatic carbocycles. The molecule has 1 unspecified atom stereocenters. The molecule has 104 valence electrons. The van der Waals surface area contributed by atoms with Gasteiger partial charge in [-0.25, -0.2) is 0 Å². The normalized spacial score (nSPS) is 19.2. The summed E-state index contributed by atoms with van der Waals surface area (Å²) in [6.45, 7) is 4.32. The number of carbonyl (C=O) groups is 2. The van der Waals surface area contributed by atoms with Gasteiger partial charge in [0.2, 0.25) is 11.8 Å². The van der Waals surface area contributed by atoms with Gasteiger partial charge in [0, 0.05) is 26.2 Å². The maximum atomic E-state index is 12.3. The molecule has 0 aliphatic carbocycles. The highest BCUT2D eigenvalue weighted by Crippen LogP contribution is 2.11. The molecule has 0 saturated carbocycles. The maximum absolute atomic E-state index is 12.3. The zero-order valence-electron chi connectivity index (χ0n) is 11.0. The van der Waals surface area contributed by atoms with Crippen molar-refractivity contribution in [3.63, 3.8) is 0 Å². The molecule has 2 rings (SSSR count). The molecule has 19 heavy (non-hydrogen) atoms. The third-order valence-electron chi connectivity index (χ3n) is 3.15. The number of amides is 2. The molecule has 2 amide bonds. The summed E-state index contributed by atoms with van der Waals surface area (Å²) in [7, 11) is 0. The second-order valence-electron chi connectivity index (χ2n) is 4.51. The number of thiophene rings is 1. The minimum absolute atomic E-state index is 0.0242. The fourth-order valence-electron chi connectivity index (χ4n) is 2.20. The van der Waals surface area contributed by atoms with Gasteiger partial charge in [-0.05, 0) is 29.3 Å². The summed E-state index contributed by atoms with van der Waals surface area (Å²) >= 11 is 1.58. The monoisotopic (exact) mass is 281 g/mol. The number of rotatable bonds is 4. The molecule has 1 aromatic heterocycles. The first-order chi connectivity index (χ1) is 9.22. The van der Waals surface area contributed by atoms with Crippen LogP contribution in [0.3, 0.4) is 0 Å². The zero-order chi connectivity index (χ0) is 13.7. The number of hydrogen-bond donors (Lipinski definition) is 2. The van der Waals surface area contributed by atoms with Crippen molar-refractivity contribution in [1.29, 1.82) is 0 Å². The summed E-state index contributed by atoms with van der Waals surface area (Å²) < 4.78 is 0. The van der Waals surface area contributed by atoms with Gasteiger partial charge >= 0.3 is 0 Å². The number of carbonyl (C=O) groups excluding carboxylic acids is 2. The fourth-order valence-corrected chi connectivity index (χ4v) is 2.87. The van der Waals surface area contributed by atoms with Gasteiger partial charge in [0.25, 0.3) is 0 Å². The van der Waals surface area contributed by atoms with Crippen LogP contribution in [-0.4, -0.2) is 48.9 Å². The standard InChI is InChI=1S/C13H19N3O2S/c1-2-15-13(18)11-8-14-4-5-16(11)12(17)7-10-3-6-19-9-10/h3,6,9,11,14H,2,4-5,7-8H2,1H3,(H,15,18). The molecule has 1 aromatic rings. The van der Waals surface area contributed by atoms with Crippen molar-refractivity contribution < 1.29 is 9.59 Å². The molecule has 0 spiro atoms. The van der Waals surface area contributed by atoms with Crippen LogP contribution in [0.25, 0.3) is 0 Å². The Morgan fingerprint density at radius 2 is 2.42 bits per heavy atom. The second-order valence-corrected chi connectivity index (χ2v) is 5.29. The van der Waals surface area contributed by atoms with Crippen molar-refractivity contribution in [3.8, 4) is 0 Å². The molecule has 6 heteroatoms. The van der Waals surface area contributed by atoms with Crippen LogP contribution in [0.4, 0.5) is 0 Å². The van der Waals surface area contributed by atoms with Crippen molar-refractivity contribution in [1.82, 2.24) is 15.5 Å². The summed E-state index contributed by atoms with van der Waals surface area (Å²) in [6, 6.07) is 1.56. The van der Waals surface area contributed by atoms with E-state index in [1.54, 1.807) is 16.2 Å². The van der Waals surface area contributed by atoms with Gasteiger partial charge in [0.15, 0.2) is 0 Å². The van der Waals surface area contributed by atoms with E-state index in [0.29, 0.717) is 26.1 Å². The number of likely N-dealkylation sites (N-methyl/N-ethyl adjacent to an activating group) is 1. The van der Waals surface area contributed by atoms with E-state index in [9.17, 15) is 9.59 Å². The summed E-state index contributed by atoms with van der Waals surface area (Å²) in [5, 5.41) is 9.89. The Bertz CT molecular complexity index is 433. The molecule has 2 heterocycles. The summed E-state index contributed by atoms with van der Waals surface area (Å²) in [6.07, 6.45) is 0.374. The molecule has 5 nitrogen and oxygen atoms in total. The van der Waals surface area contributed by atoms with E-state index in [4.69, 9.17) is 0 Å². The van der Waals surface area contributed by atoms with E-state index in [1.807, 2.05) is 23.8 Å². The highest BCUT2D eigenvalue weighted by atomic mass is 32.1. The molecule has 1 aliphatic heterocycles. The molecule has 0 bridgehead atoms. The molecule has 2 N–H and O–H groups in total. The van der Waals surface area contributed by atoms with E-state index in [2.05, 4.69) is 10.6 Å². The zero-order valence-corrected chi connectivity index (χ0v) is 11.8. The summed E-state index contributed by atoms with van der Waals surface area (Å²) in [5.41, 5.74) is 1.02. The maximum Gasteiger partial charge on any atom is 0.244 e. The third-order valence-corrected chi connectivity index (χ3v) is 3.88. The summed E-state index contributed by atoms with van der Waals surface area (Å²) in [5.74, 6) is -0.0514. The largest absolute Gasteiger partial charge is 0.355 e. The Balaban J connectivity index is 2.02. The van der Waals surface area contributed by atoms with Gasteiger partial charge in [0.1, 0.15) is 6.04 Å². The predicted octanol–water partition coefficient (Wildman–Crippen LogP) is 0.227. The van der Waals surface area contributed by atoms with E-state index in [1.165, 1.54) is 0 Å². The first-order valence-electron chi connectivity index (χ1n) is 6.51. The number of piperazine rings is 1. The highest BCUT2D eigenvalue weighted by molar-refractivity contribution is 7.07. The summed E-state index contributed by atoms with van der Waals surface area (Å²) in [4.78, 5) is 26.0. The van der Waals surface area contributed by atoms with Crippen molar-refractivity contribution in [2.75, 3.05) is 26.2 Å². The van der Waals surface area contributed by atoms with Crippen LogP contribution in [0, 0.1) is 0 Å². The van der Waals surface area contributed by atoms with Crippen LogP contribution in [0.15, 0.2) is 16.8 Å². The lowest BCUT2D eigenvalue weighted by molar-refractivity contribution is -0.141. The topological polar surface area (TPSA) is 61.4 Å². The fraction of sp³-hybridized carbons (Fsp3) is 0.538. The van der Waals surface area contributed by atoms with E-state index in [0.717, 1.165) is 12.1 Å². The first-order valence-corrected chi connectivity index (χ1v) is 7.45. The number of nitrogens with zero attached hydrogens (tertiary/aromatic N) is 1. The third kappa shape index (κ3) is 3.54. The lowest BCUT2D eigenvalue weighted by atomic mass is 10.1. The minimum atomic E-state index is -0.389. The minimum Gasteiger partial charge on any atom is -0.355 e. The van der Waals surface area contributed by atoms with Crippen molar-refractivity contribution in [2.24, 2.45) is 0 Å². The van der Waals surface area contributed by atoms with Crippen LogP contribution < -0.4 is 10.6 Å². The van der Waals surface area contributed by atoms with Crippen LogP contribution in [0.2, 0.25) is 0 Å². The average molecular weight is 281 g/mol. The second kappa shape index (κ2) is 6.68. The Hall–Kier alpha value is -1.40. The van der Waals surface area contributed by atoms with Crippen LogP contribution in [0.1, 0.15) is 12.5 Å². The molecular formula is C13H19N3O2S. The van der Waals surface area contributed by atoms with Gasteiger partial charge in [-0.1, -0.05) is 0 Å². The van der Waals surface area contributed by atoms with E-state index in [-0.39, 0.29) is 17.9 Å². The quantitative estimate of drug-likeness (QED) is 0.830. The van der Waals surface area contributed by atoms with Gasteiger partial charge in [0.05, 0.1) is 6.42 Å². The van der Waals surface area contributed by atoms with Crippen molar-refractivity contribution in [3.05, 3.63) is 22.4 Å². The van der Waals surface area contributed by atoms with Gasteiger partial charge in [-0.3, -0.25) is 9.59 Å². The Kier molecular flexibility index (Phi) is 4.93. The smallest absolute Gasteiger partial charge is 0.244 e. The molecule has 1 atom stereocenters.